The van der Waals surface area contributed by atoms with Crippen molar-refractivity contribution in [2.45, 2.75) is 6.42 Å². The Morgan fingerprint density at radius 1 is 1.30 bits per heavy atom. The lowest BCUT2D eigenvalue weighted by Crippen LogP contribution is -2.22. The number of benzene rings is 1. The summed E-state index contributed by atoms with van der Waals surface area (Å²) in [5.41, 5.74) is 0.939. The van der Waals surface area contributed by atoms with Gasteiger partial charge in [-0.05, 0) is 25.2 Å². The summed E-state index contributed by atoms with van der Waals surface area (Å²) in [5, 5.41) is 5.99. The monoisotopic (exact) mass is 319 g/mol. The third-order valence-electron chi connectivity index (χ3n) is 2.49. The van der Waals surface area contributed by atoms with E-state index in [1.54, 1.807) is 39.3 Å². The smallest absolute Gasteiger partial charge is 0.254 e. The number of nitrogens with zero attached hydrogens (tertiary/aromatic N) is 1. The average molecular weight is 320 g/mol. The van der Waals surface area contributed by atoms with Gasteiger partial charge in [0, 0.05) is 32.7 Å². The molecule has 7 heteroatoms. The third-order valence-corrected chi connectivity index (χ3v) is 2.82. The standard InChI is InChI=1S/C13H18ClN3O2.ClH/c1-15-7-6-12(18)16-9-4-5-11(14)10(8-9)13(19)17(2)3;/h4-5,8,15H,6-7H2,1-3H3,(H,16,18);1H. The van der Waals surface area contributed by atoms with Gasteiger partial charge in [-0.3, -0.25) is 9.59 Å². The summed E-state index contributed by atoms with van der Waals surface area (Å²) in [6.07, 6.45) is 0.371. The maximum atomic E-state index is 11.9. The molecule has 0 unspecified atom stereocenters. The van der Waals surface area contributed by atoms with Crippen molar-refractivity contribution < 1.29 is 9.59 Å². The van der Waals surface area contributed by atoms with E-state index < -0.39 is 0 Å². The first-order chi connectivity index (χ1) is 8.95. The van der Waals surface area contributed by atoms with Crippen LogP contribution in [0.4, 0.5) is 5.69 Å². The van der Waals surface area contributed by atoms with Gasteiger partial charge in [0.05, 0.1) is 10.6 Å². The van der Waals surface area contributed by atoms with Gasteiger partial charge in [0.15, 0.2) is 0 Å². The number of hydrogen-bond donors (Lipinski definition) is 2. The molecule has 0 atom stereocenters. The van der Waals surface area contributed by atoms with Crippen LogP contribution in [0.2, 0.25) is 5.02 Å². The summed E-state index contributed by atoms with van der Waals surface area (Å²) in [6, 6.07) is 4.86. The van der Waals surface area contributed by atoms with Crippen LogP contribution in [0.5, 0.6) is 0 Å². The molecule has 2 N–H and O–H groups in total. The van der Waals surface area contributed by atoms with Crippen LogP contribution in [0.3, 0.4) is 0 Å². The molecule has 1 aromatic carbocycles. The Morgan fingerprint density at radius 2 is 1.95 bits per heavy atom. The maximum Gasteiger partial charge on any atom is 0.254 e. The summed E-state index contributed by atoms with van der Waals surface area (Å²) < 4.78 is 0. The fraction of sp³-hybridized carbons (Fsp3) is 0.385. The van der Waals surface area contributed by atoms with E-state index in [9.17, 15) is 9.59 Å². The van der Waals surface area contributed by atoms with E-state index in [2.05, 4.69) is 10.6 Å². The first-order valence-electron chi connectivity index (χ1n) is 5.91. The summed E-state index contributed by atoms with van der Waals surface area (Å²) in [6.45, 7) is 0.600. The van der Waals surface area contributed by atoms with E-state index in [0.29, 0.717) is 29.2 Å². The Morgan fingerprint density at radius 3 is 2.50 bits per heavy atom. The quantitative estimate of drug-likeness (QED) is 0.872. The Bertz CT molecular complexity index is 479. The molecule has 0 saturated heterocycles. The third kappa shape index (κ3) is 5.36. The highest BCUT2D eigenvalue weighted by atomic mass is 35.5. The number of carbonyl (C=O) groups is 2. The van der Waals surface area contributed by atoms with E-state index in [0.717, 1.165) is 0 Å². The van der Waals surface area contributed by atoms with Crippen LogP contribution in [0.15, 0.2) is 18.2 Å². The predicted octanol–water partition coefficient (Wildman–Crippen LogP) is 2.01. The molecule has 0 spiro atoms. The van der Waals surface area contributed by atoms with Crippen molar-refractivity contribution in [3.8, 4) is 0 Å². The number of anilines is 1. The molecule has 20 heavy (non-hydrogen) atoms. The van der Waals surface area contributed by atoms with Crippen molar-refractivity contribution >= 4 is 41.5 Å². The minimum atomic E-state index is -0.198. The topological polar surface area (TPSA) is 61.4 Å². The number of carbonyl (C=O) groups excluding carboxylic acids is 2. The fourth-order valence-corrected chi connectivity index (χ4v) is 1.67. The lowest BCUT2D eigenvalue weighted by atomic mass is 10.1. The van der Waals surface area contributed by atoms with Gasteiger partial charge in [0.1, 0.15) is 0 Å². The summed E-state index contributed by atoms with van der Waals surface area (Å²) in [7, 11) is 5.08. The van der Waals surface area contributed by atoms with Gasteiger partial charge in [0.2, 0.25) is 5.91 Å². The zero-order valence-electron chi connectivity index (χ0n) is 11.7. The van der Waals surface area contributed by atoms with Crippen molar-refractivity contribution in [2.75, 3.05) is 33.0 Å². The number of halogens is 2. The molecule has 0 heterocycles. The van der Waals surface area contributed by atoms with E-state index in [-0.39, 0.29) is 24.2 Å². The van der Waals surface area contributed by atoms with Crippen molar-refractivity contribution in [3.63, 3.8) is 0 Å². The van der Waals surface area contributed by atoms with Crippen molar-refractivity contribution in [1.82, 2.24) is 10.2 Å². The number of hydrogen-bond acceptors (Lipinski definition) is 3. The largest absolute Gasteiger partial charge is 0.345 e. The Hall–Kier alpha value is -1.30. The molecule has 0 radical (unpaired) electrons. The van der Waals surface area contributed by atoms with Crippen LogP contribution in [0.25, 0.3) is 0 Å². The summed E-state index contributed by atoms with van der Waals surface area (Å²) >= 11 is 5.99. The molecule has 0 aliphatic heterocycles. The van der Waals surface area contributed by atoms with Gasteiger partial charge in [-0.1, -0.05) is 11.6 Å². The summed E-state index contributed by atoms with van der Waals surface area (Å²) in [4.78, 5) is 24.9. The second kappa shape index (κ2) is 8.79. The molecule has 0 aliphatic carbocycles. The molecule has 0 bridgehead atoms. The number of rotatable bonds is 5. The predicted molar refractivity (Wildman–Crippen MR) is 83.9 cm³/mol. The van der Waals surface area contributed by atoms with Crippen LogP contribution in [-0.4, -0.2) is 44.4 Å². The Labute approximate surface area is 130 Å². The molecule has 112 valence electrons. The zero-order valence-corrected chi connectivity index (χ0v) is 13.3. The first kappa shape index (κ1) is 18.7. The van der Waals surface area contributed by atoms with E-state index in [4.69, 9.17) is 11.6 Å². The van der Waals surface area contributed by atoms with Crippen LogP contribution < -0.4 is 10.6 Å². The molecule has 0 aromatic heterocycles. The highest BCUT2D eigenvalue weighted by molar-refractivity contribution is 6.34. The molecule has 1 aromatic rings. The molecule has 2 amide bonds. The molecular weight excluding hydrogens is 301 g/mol. The summed E-state index contributed by atoms with van der Waals surface area (Å²) in [5.74, 6) is -0.309. The van der Waals surface area contributed by atoms with E-state index in [1.807, 2.05) is 0 Å². The molecule has 0 aliphatic rings. The van der Waals surface area contributed by atoms with Crippen molar-refractivity contribution in [1.29, 1.82) is 0 Å². The van der Waals surface area contributed by atoms with E-state index in [1.165, 1.54) is 4.90 Å². The Kier molecular flexibility index (Phi) is 8.22. The molecular formula is C13H19Cl2N3O2. The van der Waals surface area contributed by atoms with Crippen LogP contribution in [0, 0.1) is 0 Å². The highest BCUT2D eigenvalue weighted by Crippen LogP contribution is 2.21. The van der Waals surface area contributed by atoms with Gasteiger partial charge in [0.25, 0.3) is 5.91 Å². The molecule has 0 fully saturated rings. The van der Waals surface area contributed by atoms with Crippen LogP contribution >= 0.6 is 24.0 Å². The van der Waals surface area contributed by atoms with Crippen molar-refractivity contribution in [2.24, 2.45) is 0 Å². The SMILES string of the molecule is CNCCC(=O)Nc1ccc(Cl)c(C(=O)N(C)C)c1.Cl. The van der Waals surface area contributed by atoms with Gasteiger partial charge >= 0.3 is 0 Å². The zero-order chi connectivity index (χ0) is 14.4. The molecule has 5 nitrogen and oxygen atoms in total. The van der Waals surface area contributed by atoms with E-state index >= 15 is 0 Å². The fourth-order valence-electron chi connectivity index (χ4n) is 1.47. The average Bonchev–Trinajstić information content (AvgIpc) is 2.37. The van der Waals surface area contributed by atoms with Gasteiger partial charge in [-0.2, -0.15) is 0 Å². The first-order valence-corrected chi connectivity index (χ1v) is 6.29. The van der Waals surface area contributed by atoms with Gasteiger partial charge in [-0.25, -0.2) is 0 Å². The minimum Gasteiger partial charge on any atom is -0.345 e. The van der Waals surface area contributed by atoms with Gasteiger partial charge in [-0.15, -0.1) is 12.4 Å². The van der Waals surface area contributed by atoms with Gasteiger partial charge < -0.3 is 15.5 Å². The lowest BCUT2D eigenvalue weighted by molar-refractivity contribution is -0.116. The Balaban J connectivity index is 0.00000361. The van der Waals surface area contributed by atoms with Crippen LogP contribution in [0.1, 0.15) is 16.8 Å². The second-order valence-corrected chi connectivity index (χ2v) is 4.70. The lowest BCUT2D eigenvalue weighted by Gasteiger charge is -2.13. The highest BCUT2D eigenvalue weighted by Gasteiger charge is 2.13. The second-order valence-electron chi connectivity index (χ2n) is 4.30. The number of nitrogens with one attached hydrogen (secondary N) is 2. The van der Waals surface area contributed by atoms with Crippen molar-refractivity contribution in [3.05, 3.63) is 28.8 Å². The van der Waals surface area contributed by atoms with Crippen LogP contribution in [-0.2, 0) is 4.79 Å². The normalized spacial score (nSPS) is 9.60. The number of amides is 2. The molecule has 0 saturated carbocycles. The minimum absolute atomic E-state index is 0. The molecule has 1 rings (SSSR count). The maximum absolute atomic E-state index is 11.9.